The smallest absolute Gasteiger partial charge is 0.349 e. The van der Waals surface area contributed by atoms with Gasteiger partial charge >= 0.3 is 5.69 Å². The Morgan fingerprint density at radius 2 is 2.39 bits per heavy atom. The van der Waals surface area contributed by atoms with Crippen LogP contribution in [0.5, 0.6) is 0 Å². The van der Waals surface area contributed by atoms with Gasteiger partial charge < -0.3 is 10.1 Å². The number of aromatic nitrogens is 4. The fourth-order valence-electron chi connectivity index (χ4n) is 1.76. The summed E-state index contributed by atoms with van der Waals surface area (Å²) in [7, 11) is 0. The Morgan fingerprint density at radius 3 is 3.11 bits per heavy atom. The first kappa shape index (κ1) is 12.6. The number of hydrogen-bond donors (Lipinski definition) is 2. The van der Waals surface area contributed by atoms with Crippen LogP contribution in [-0.2, 0) is 4.74 Å². The highest BCUT2D eigenvalue weighted by Crippen LogP contribution is 2.09. The van der Waals surface area contributed by atoms with Crippen LogP contribution < -0.4 is 11.0 Å². The van der Waals surface area contributed by atoms with E-state index in [1.807, 2.05) is 13.8 Å². The predicted octanol–water partition coefficient (Wildman–Crippen LogP) is 0.563. The number of aromatic amines is 1. The average molecular weight is 251 g/mol. The van der Waals surface area contributed by atoms with Crippen LogP contribution in [0.25, 0.3) is 5.65 Å². The van der Waals surface area contributed by atoms with Crippen molar-refractivity contribution in [3.63, 3.8) is 0 Å². The van der Waals surface area contributed by atoms with E-state index in [0.29, 0.717) is 30.5 Å². The molecule has 2 aromatic rings. The SMILES string of the molecule is CCOCC(C)Nc1cc2n[nH]c(=O)n2c(C)n1. The molecule has 18 heavy (non-hydrogen) atoms. The minimum Gasteiger partial charge on any atom is -0.380 e. The van der Waals surface area contributed by atoms with Gasteiger partial charge in [0.2, 0.25) is 0 Å². The van der Waals surface area contributed by atoms with Crippen LogP contribution in [-0.4, -0.2) is 38.8 Å². The molecule has 2 heterocycles. The summed E-state index contributed by atoms with van der Waals surface area (Å²) in [5.74, 6) is 1.28. The van der Waals surface area contributed by atoms with Crippen molar-refractivity contribution in [2.75, 3.05) is 18.5 Å². The molecule has 2 N–H and O–H groups in total. The summed E-state index contributed by atoms with van der Waals surface area (Å²) in [6, 6.07) is 1.87. The maximum atomic E-state index is 11.4. The molecule has 0 fully saturated rings. The number of rotatable bonds is 5. The molecule has 2 aromatic heterocycles. The lowest BCUT2D eigenvalue weighted by atomic mass is 10.3. The zero-order valence-corrected chi connectivity index (χ0v) is 10.7. The normalized spacial score (nSPS) is 12.8. The number of anilines is 1. The molecule has 0 radical (unpaired) electrons. The Hall–Kier alpha value is -1.89. The molecule has 0 bridgehead atoms. The van der Waals surface area contributed by atoms with Crippen molar-refractivity contribution in [1.29, 1.82) is 0 Å². The molecular formula is C11H17N5O2. The quantitative estimate of drug-likeness (QED) is 0.811. The van der Waals surface area contributed by atoms with Crippen molar-refractivity contribution >= 4 is 11.5 Å². The summed E-state index contributed by atoms with van der Waals surface area (Å²) in [5.41, 5.74) is 0.280. The Labute approximate surface area is 104 Å². The van der Waals surface area contributed by atoms with Crippen molar-refractivity contribution < 1.29 is 4.74 Å². The van der Waals surface area contributed by atoms with E-state index in [9.17, 15) is 4.79 Å². The standard InChI is InChI=1S/C11H17N5O2/c1-4-18-6-7(2)12-9-5-10-14-15-11(17)16(10)8(3)13-9/h5,7,12H,4,6H2,1-3H3,(H,15,17). The summed E-state index contributed by atoms with van der Waals surface area (Å²) >= 11 is 0. The monoisotopic (exact) mass is 251 g/mol. The van der Waals surface area contributed by atoms with Gasteiger partial charge in [0.25, 0.3) is 0 Å². The van der Waals surface area contributed by atoms with E-state index < -0.39 is 0 Å². The third-order valence-corrected chi connectivity index (χ3v) is 2.54. The summed E-state index contributed by atoms with van der Waals surface area (Å²) in [6.07, 6.45) is 0. The van der Waals surface area contributed by atoms with Crippen LogP contribution in [0.15, 0.2) is 10.9 Å². The highest BCUT2D eigenvalue weighted by atomic mass is 16.5. The number of ether oxygens (including phenoxy) is 1. The first-order valence-corrected chi connectivity index (χ1v) is 5.91. The molecule has 0 amide bonds. The van der Waals surface area contributed by atoms with Crippen LogP contribution in [0.3, 0.4) is 0 Å². The molecule has 98 valence electrons. The zero-order chi connectivity index (χ0) is 13.1. The maximum Gasteiger partial charge on any atom is 0.349 e. The van der Waals surface area contributed by atoms with E-state index in [-0.39, 0.29) is 11.7 Å². The van der Waals surface area contributed by atoms with E-state index in [2.05, 4.69) is 20.5 Å². The third-order valence-electron chi connectivity index (χ3n) is 2.54. The molecule has 0 aliphatic carbocycles. The summed E-state index contributed by atoms with van der Waals surface area (Å²) < 4.78 is 6.75. The molecule has 7 heteroatoms. The number of nitrogens with zero attached hydrogens (tertiary/aromatic N) is 3. The molecule has 0 saturated carbocycles. The average Bonchev–Trinajstić information content (AvgIpc) is 2.68. The molecule has 0 saturated heterocycles. The van der Waals surface area contributed by atoms with Crippen molar-refractivity contribution in [3.05, 3.63) is 22.4 Å². The van der Waals surface area contributed by atoms with E-state index in [4.69, 9.17) is 4.74 Å². The summed E-state index contributed by atoms with van der Waals surface area (Å²) in [6.45, 7) is 7.02. The molecule has 2 rings (SSSR count). The molecule has 1 unspecified atom stereocenters. The first-order valence-electron chi connectivity index (χ1n) is 5.91. The number of H-pyrrole nitrogens is 1. The van der Waals surface area contributed by atoms with Crippen LogP contribution in [0.4, 0.5) is 5.82 Å². The predicted molar refractivity (Wildman–Crippen MR) is 67.9 cm³/mol. The van der Waals surface area contributed by atoms with Gasteiger partial charge in [0.15, 0.2) is 5.65 Å². The van der Waals surface area contributed by atoms with E-state index >= 15 is 0 Å². The number of hydrogen-bond acceptors (Lipinski definition) is 5. The molecular weight excluding hydrogens is 234 g/mol. The largest absolute Gasteiger partial charge is 0.380 e. The van der Waals surface area contributed by atoms with Gasteiger partial charge in [-0.3, -0.25) is 0 Å². The van der Waals surface area contributed by atoms with Gasteiger partial charge in [0.05, 0.1) is 6.61 Å². The molecule has 7 nitrogen and oxygen atoms in total. The van der Waals surface area contributed by atoms with Gasteiger partial charge in [-0.2, -0.15) is 5.10 Å². The number of aryl methyl sites for hydroxylation is 1. The van der Waals surface area contributed by atoms with Crippen molar-refractivity contribution in [2.24, 2.45) is 0 Å². The molecule has 1 atom stereocenters. The lowest BCUT2D eigenvalue weighted by molar-refractivity contribution is 0.141. The van der Waals surface area contributed by atoms with Gasteiger partial charge in [-0.05, 0) is 20.8 Å². The fraction of sp³-hybridized carbons (Fsp3) is 0.545. The van der Waals surface area contributed by atoms with Gasteiger partial charge in [-0.25, -0.2) is 19.3 Å². The Bertz CT molecular complexity index is 589. The summed E-state index contributed by atoms with van der Waals surface area (Å²) in [5, 5.41) is 9.53. The highest BCUT2D eigenvalue weighted by Gasteiger charge is 2.08. The molecule has 0 spiro atoms. The zero-order valence-electron chi connectivity index (χ0n) is 10.7. The highest BCUT2D eigenvalue weighted by molar-refractivity contribution is 5.49. The van der Waals surface area contributed by atoms with Gasteiger partial charge in [-0.1, -0.05) is 0 Å². The Kier molecular flexibility index (Phi) is 3.61. The Balaban J connectivity index is 2.22. The Morgan fingerprint density at radius 1 is 1.61 bits per heavy atom. The molecule has 0 aromatic carbocycles. The second-order valence-corrected chi connectivity index (χ2v) is 4.12. The van der Waals surface area contributed by atoms with Crippen molar-refractivity contribution in [1.82, 2.24) is 19.6 Å². The van der Waals surface area contributed by atoms with E-state index in [0.717, 1.165) is 0 Å². The third kappa shape index (κ3) is 2.51. The van der Waals surface area contributed by atoms with Gasteiger partial charge in [0, 0.05) is 18.7 Å². The lowest BCUT2D eigenvalue weighted by Crippen LogP contribution is -2.23. The van der Waals surface area contributed by atoms with Gasteiger partial charge in [-0.15, -0.1) is 0 Å². The molecule has 0 aliphatic heterocycles. The van der Waals surface area contributed by atoms with E-state index in [1.54, 1.807) is 13.0 Å². The number of nitrogens with one attached hydrogen (secondary N) is 2. The van der Waals surface area contributed by atoms with Crippen molar-refractivity contribution in [3.8, 4) is 0 Å². The lowest BCUT2D eigenvalue weighted by Gasteiger charge is -2.14. The summed E-state index contributed by atoms with van der Waals surface area (Å²) in [4.78, 5) is 15.8. The first-order chi connectivity index (χ1) is 8.61. The second kappa shape index (κ2) is 5.18. The van der Waals surface area contributed by atoms with E-state index in [1.165, 1.54) is 4.40 Å². The van der Waals surface area contributed by atoms with Crippen LogP contribution >= 0.6 is 0 Å². The second-order valence-electron chi connectivity index (χ2n) is 4.12. The van der Waals surface area contributed by atoms with Crippen LogP contribution in [0, 0.1) is 6.92 Å². The van der Waals surface area contributed by atoms with Gasteiger partial charge in [0.1, 0.15) is 11.6 Å². The van der Waals surface area contributed by atoms with Crippen molar-refractivity contribution in [2.45, 2.75) is 26.8 Å². The minimum absolute atomic E-state index is 0.143. The maximum absolute atomic E-state index is 11.4. The minimum atomic E-state index is -0.274. The topological polar surface area (TPSA) is 84.3 Å². The number of fused-ring (bicyclic) bond motifs is 1. The van der Waals surface area contributed by atoms with Crippen LogP contribution in [0.2, 0.25) is 0 Å². The fourth-order valence-corrected chi connectivity index (χ4v) is 1.76. The van der Waals surface area contributed by atoms with Crippen LogP contribution in [0.1, 0.15) is 19.7 Å². The molecule has 0 aliphatic rings.